The van der Waals surface area contributed by atoms with Gasteiger partial charge in [-0.3, -0.25) is 4.79 Å². The Bertz CT molecular complexity index is 1090. The van der Waals surface area contributed by atoms with Crippen LogP contribution in [-0.4, -0.2) is 14.3 Å². The summed E-state index contributed by atoms with van der Waals surface area (Å²) in [5.41, 5.74) is 2.39. The van der Waals surface area contributed by atoms with E-state index >= 15 is 0 Å². The molecule has 1 heterocycles. The average Bonchev–Trinajstić information content (AvgIpc) is 3.20. The molecule has 2 aromatic carbocycles. The number of sulfonamides is 1. The maximum Gasteiger partial charge on any atom is 0.248 e. The summed E-state index contributed by atoms with van der Waals surface area (Å²) in [5.74, 6) is 0.163. The van der Waals surface area contributed by atoms with E-state index in [2.05, 4.69) is 10.0 Å². The van der Waals surface area contributed by atoms with Crippen molar-refractivity contribution in [3.8, 4) is 0 Å². The second-order valence-corrected chi connectivity index (χ2v) is 7.88. The zero-order chi connectivity index (χ0) is 20.0. The lowest BCUT2D eigenvalue weighted by molar-refractivity contribution is -0.111. The van der Waals surface area contributed by atoms with Crippen LogP contribution in [0.2, 0.25) is 0 Å². The van der Waals surface area contributed by atoms with Crippen LogP contribution in [0.4, 0.5) is 5.69 Å². The lowest BCUT2D eigenvalue weighted by atomic mass is 10.1. The molecular formula is C21H20N2O4S. The second kappa shape index (κ2) is 8.69. The summed E-state index contributed by atoms with van der Waals surface area (Å²) in [5, 5.41) is 2.68. The highest BCUT2D eigenvalue weighted by molar-refractivity contribution is 7.89. The maximum absolute atomic E-state index is 12.4. The van der Waals surface area contributed by atoms with Crippen LogP contribution in [0.5, 0.6) is 0 Å². The Morgan fingerprint density at radius 1 is 1.07 bits per heavy atom. The number of furan rings is 1. The van der Waals surface area contributed by atoms with Gasteiger partial charge in [-0.25, -0.2) is 13.1 Å². The Morgan fingerprint density at radius 2 is 1.89 bits per heavy atom. The summed E-state index contributed by atoms with van der Waals surface area (Å²) in [6.07, 6.45) is 4.61. The number of aryl methyl sites for hydroxylation is 1. The summed E-state index contributed by atoms with van der Waals surface area (Å²) < 4.78 is 32.5. The van der Waals surface area contributed by atoms with Crippen molar-refractivity contribution in [2.45, 2.75) is 18.4 Å². The third-order valence-corrected chi connectivity index (χ3v) is 5.43. The fourth-order valence-corrected chi connectivity index (χ4v) is 3.57. The van der Waals surface area contributed by atoms with E-state index in [0.717, 1.165) is 11.1 Å². The van der Waals surface area contributed by atoms with Crippen molar-refractivity contribution < 1.29 is 17.6 Å². The molecule has 0 aliphatic rings. The number of nitrogens with one attached hydrogen (secondary N) is 2. The standard InChI is InChI=1S/C21H20N2O4S/c1-16-6-2-3-7-17(16)11-12-21(24)23-18-8-4-10-20(14-18)28(25,26)22-15-19-9-5-13-27-19/h2-14,22H,15H2,1H3,(H,23,24)/b12-11+. The van der Waals surface area contributed by atoms with E-state index in [4.69, 9.17) is 4.42 Å². The highest BCUT2D eigenvalue weighted by Crippen LogP contribution is 2.16. The molecule has 0 saturated carbocycles. The van der Waals surface area contributed by atoms with Gasteiger partial charge < -0.3 is 9.73 Å². The van der Waals surface area contributed by atoms with E-state index in [1.807, 2.05) is 31.2 Å². The van der Waals surface area contributed by atoms with Crippen LogP contribution in [0.3, 0.4) is 0 Å². The zero-order valence-electron chi connectivity index (χ0n) is 15.3. The van der Waals surface area contributed by atoms with Crippen molar-refractivity contribution in [2.24, 2.45) is 0 Å². The third-order valence-electron chi connectivity index (χ3n) is 4.03. The Hall–Kier alpha value is -3.16. The molecule has 2 N–H and O–H groups in total. The molecule has 3 aromatic rings. The molecule has 0 bridgehead atoms. The predicted octanol–water partition coefficient (Wildman–Crippen LogP) is 3.72. The highest BCUT2D eigenvalue weighted by Gasteiger charge is 2.15. The van der Waals surface area contributed by atoms with Crippen LogP contribution >= 0.6 is 0 Å². The number of amides is 1. The first-order valence-corrected chi connectivity index (χ1v) is 10.1. The minimum absolute atomic E-state index is 0.0467. The van der Waals surface area contributed by atoms with Gasteiger partial charge in [-0.1, -0.05) is 30.3 Å². The molecule has 0 spiro atoms. The summed E-state index contributed by atoms with van der Waals surface area (Å²) in [7, 11) is -3.73. The van der Waals surface area contributed by atoms with E-state index in [0.29, 0.717) is 11.4 Å². The van der Waals surface area contributed by atoms with E-state index in [1.54, 1.807) is 30.3 Å². The Balaban J connectivity index is 1.67. The van der Waals surface area contributed by atoms with Gasteiger partial charge in [0.1, 0.15) is 5.76 Å². The van der Waals surface area contributed by atoms with Gasteiger partial charge in [-0.15, -0.1) is 0 Å². The van der Waals surface area contributed by atoms with Crippen molar-refractivity contribution in [1.82, 2.24) is 4.72 Å². The number of carbonyl (C=O) groups excluding carboxylic acids is 1. The molecule has 28 heavy (non-hydrogen) atoms. The predicted molar refractivity (Wildman–Crippen MR) is 108 cm³/mol. The molecule has 0 aliphatic carbocycles. The Kier molecular flexibility index (Phi) is 6.08. The van der Waals surface area contributed by atoms with Crippen molar-refractivity contribution in [2.75, 3.05) is 5.32 Å². The van der Waals surface area contributed by atoms with Crippen molar-refractivity contribution >= 4 is 27.7 Å². The van der Waals surface area contributed by atoms with Crippen molar-refractivity contribution in [3.05, 3.63) is 89.9 Å². The van der Waals surface area contributed by atoms with Crippen LogP contribution in [0.15, 0.2) is 82.3 Å². The van der Waals surface area contributed by atoms with E-state index in [-0.39, 0.29) is 17.3 Å². The number of carbonyl (C=O) groups is 1. The smallest absolute Gasteiger partial charge is 0.248 e. The normalized spacial score (nSPS) is 11.6. The van der Waals surface area contributed by atoms with Crippen molar-refractivity contribution in [3.63, 3.8) is 0 Å². The van der Waals surface area contributed by atoms with Gasteiger partial charge in [0.05, 0.1) is 17.7 Å². The van der Waals surface area contributed by atoms with E-state index in [1.165, 1.54) is 24.5 Å². The largest absolute Gasteiger partial charge is 0.468 e. The molecule has 0 unspecified atom stereocenters. The van der Waals surface area contributed by atoms with Crippen LogP contribution < -0.4 is 10.0 Å². The molecule has 144 valence electrons. The van der Waals surface area contributed by atoms with Gasteiger partial charge in [0.2, 0.25) is 15.9 Å². The molecule has 0 fully saturated rings. The van der Waals surface area contributed by atoms with Gasteiger partial charge in [-0.2, -0.15) is 0 Å². The summed E-state index contributed by atoms with van der Waals surface area (Å²) in [6.45, 7) is 2.01. The van der Waals surface area contributed by atoms with E-state index in [9.17, 15) is 13.2 Å². The number of anilines is 1. The van der Waals surface area contributed by atoms with Crippen LogP contribution in [-0.2, 0) is 21.4 Å². The number of hydrogen-bond donors (Lipinski definition) is 2. The molecule has 7 heteroatoms. The first-order valence-electron chi connectivity index (χ1n) is 8.61. The molecule has 3 rings (SSSR count). The zero-order valence-corrected chi connectivity index (χ0v) is 16.1. The molecule has 1 aromatic heterocycles. The Morgan fingerprint density at radius 3 is 2.64 bits per heavy atom. The first-order chi connectivity index (χ1) is 13.4. The van der Waals surface area contributed by atoms with Crippen LogP contribution in [0, 0.1) is 6.92 Å². The molecule has 0 saturated heterocycles. The SMILES string of the molecule is Cc1ccccc1/C=C/C(=O)Nc1cccc(S(=O)(=O)NCc2ccco2)c1. The second-order valence-electron chi connectivity index (χ2n) is 6.11. The number of benzene rings is 2. The number of hydrogen-bond acceptors (Lipinski definition) is 4. The Labute approximate surface area is 163 Å². The first kappa shape index (κ1) is 19.6. The monoisotopic (exact) mass is 396 g/mol. The van der Waals surface area contributed by atoms with Crippen LogP contribution in [0.25, 0.3) is 6.08 Å². The minimum atomic E-state index is -3.73. The minimum Gasteiger partial charge on any atom is -0.468 e. The third kappa shape index (κ3) is 5.18. The average molecular weight is 396 g/mol. The molecular weight excluding hydrogens is 376 g/mol. The van der Waals surface area contributed by atoms with Gasteiger partial charge in [0.15, 0.2) is 0 Å². The van der Waals surface area contributed by atoms with Gasteiger partial charge in [-0.05, 0) is 54.5 Å². The highest BCUT2D eigenvalue weighted by atomic mass is 32.2. The maximum atomic E-state index is 12.4. The molecule has 0 radical (unpaired) electrons. The fourth-order valence-electron chi connectivity index (χ4n) is 2.53. The van der Waals surface area contributed by atoms with E-state index < -0.39 is 10.0 Å². The fraction of sp³-hybridized carbons (Fsp3) is 0.0952. The van der Waals surface area contributed by atoms with Crippen LogP contribution in [0.1, 0.15) is 16.9 Å². The van der Waals surface area contributed by atoms with Gasteiger partial charge >= 0.3 is 0 Å². The summed E-state index contributed by atoms with van der Waals surface area (Å²) in [4.78, 5) is 12.2. The summed E-state index contributed by atoms with van der Waals surface area (Å²) >= 11 is 0. The van der Waals surface area contributed by atoms with Gasteiger partial charge in [0, 0.05) is 11.8 Å². The molecule has 0 atom stereocenters. The molecule has 1 amide bonds. The lowest BCUT2D eigenvalue weighted by Crippen LogP contribution is -2.23. The van der Waals surface area contributed by atoms with Gasteiger partial charge in [0.25, 0.3) is 0 Å². The lowest BCUT2D eigenvalue weighted by Gasteiger charge is -2.08. The molecule has 6 nitrogen and oxygen atoms in total. The topological polar surface area (TPSA) is 88.4 Å². The number of rotatable bonds is 7. The van der Waals surface area contributed by atoms with Crippen molar-refractivity contribution in [1.29, 1.82) is 0 Å². The quantitative estimate of drug-likeness (QED) is 0.596. The molecule has 0 aliphatic heterocycles. The summed E-state index contributed by atoms with van der Waals surface area (Å²) in [6, 6.07) is 17.1.